The second-order valence-corrected chi connectivity index (χ2v) is 8.75. The van der Waals surface area contributed by atoms with Crippen molar-refractivity contribution in [1.82, 2.24) is 10.2 Å². The van der Waals surface area contributed by atoms with Gasteiger partial charge >= 0.3 is 0 Å². The molecule has 0 amide bonds. The van der Waals surface area contributed by atoms with Crippen LogP contribution in [0.4, 0.5) is 3.89 Å². The van der Waals surface area contributed by atoms with Gasteiger partial charge in [-0.25, -0.2) is 4.99 Å². The van der Waals surface area contributed by atoms with Crippen molar-refractivity contribution in [2.75, 3.05) is 13.6 Å². The zero-order valence-electron chi connectivity index (χ0n) is 21.9. The van der Waals surface area contributed by atoms with Crippen LogP contribution >= 0.6 is 12.1 Å². The molecule has 0 aliphatic heterocycles. The number of hydrogen-bond donors (Lipinski definition) is 1. The zero-order chi connectivity index (χ0) is 26.9. The van der Waals surface area contributed by atoms with Crippen molar-refractivity contribution in [3.8, 4) is 6.07 Å². The molecule has 0 saturated heterocycles. The van der Waals surface area contributed by atoms with E-state index in [1.54, 1.807) is 6.07 Å². The normalized spacial score (nSPS) is 11.3. The van der Waals surface area contributed by atoms with Gasteiger partial charge in [0.25, 0.3) is 0 Å². The molecule has 0 fully saturated rings. The van der Waals surface area contributed by atoms with E-state index >= 15 is 0 Å². The summed E-state index contributed by atoms with van der Waals surface area (Å²) in [5, 5.41) is 12.0. The van der Waals surface area contributed by atoms with E-state index in [0.29, 0.717) is 16.3 Å². The number of rotatable bonds is 12. The number of hydrogen-bond acceptors (Lipinski definition) is 5. The van der Waals surface area contributed by atoms with Crippen LogP contribution in [0.25, 0.3) is 5.57 Å². The molecule has 1 N–H and O–H groups in total. The van der Waals surface area contributed by atoms with E-state index in [0.717, 1.165) is 42.8 Å². The van der Waals surface area contributed by atoms with Crippen LogP contribution < -0.4 is 5.32 Å². The highest BCUT2D eigenvalue weighted by Crippen LogP contribution is 2.26. The second kappa shape index (κ2) is 17.0. The Kier molecular flexibility index (Phi) is 14.4. The largest absolute Gasteiger partial charge is 0.372 e. The number of unbranched alkanes of at least 4 members (excludes halogenated alkanes) is 1. The summed E-state index contributed by atoms with van der Waals surface area (Å²) in [7, 11) is 1.85. The van der Waals surface area contributed by atoms with E-state index in [9.17, 15) is 3.89 Å². The van der Waals surface area contributed by atoms with Crippen LogP contribution in [0.15, 0.2) is 95.4 Å². The van der Waals surface area contributed by atoms with Gasteiger partial charge in [0.1, 0.15) is 11.6 Å². The van der Waals surface area contributed by atoms with Crippen LogP contribution in [0.3, 0.4) is 0 Å². The summed E-state index contributed by atoms with van der Waals surface area (Å²) in [4.78, 5) is 6.16. The van der Waals surface area contributed by atoms with Gasteiger partial charge < -0.3 is 10.2 Å². The van der Waals surface area contributed by atoms with Crippen LogP contribution in [0, 0.1) is 18.3 Å². The lowest BCUT2D eigenvalue weighted by molar-refractivity contribution is 0.457. The Morgan fingerprint density at radius 1 is 1.25 bits per heavy atom. The van der Waals surface area contributed by atoms with Crippen LogP contribution in [-0.4, -0.2) is 25.2 Å². The minimum Gasteiger partial charge on any atom is -0.372 e. The zero-order valence-corrected chi connectivity index (χ0v) is 22.7. The fourth-order valence-electron chi connectivity index (χ4n) is 3.24. The highest BCUT2D eigenvalue weighted by molar-refractivity contribution is 7.98. The number of benzene rings is 2. The third-order valence-electron chi connectivity index (χ3n) is 5.42. The molecular weight excluding hydrogens is 467 g/mol. The van der Waals surface area contributed by atoms with Crippen molar-refractivity contribution in [2.45, 2.75) is 40.0 Å². The summed E-state index contributed by atoms with van der Waals surface area (Å²) in [5.74, 6) is 1.33. The van der Waals surface area contributed by atoms with E-state index in [-0.39, 0.29) is 12.1 Å². The Labute approximate surface area is 220 Å². The highest BCUT2D eigenvalue weighted by Gasteiger charge is 2.13. The number of aliphatic imine (C=N–C) groups is 1. The van der Waals surface area contributed by atoms with E-state index in [2.05, 4.69) is 68.3 Å². The van der Waals surface area contributed by atoms with Gasteiger partial charge in [0.15, 0.2) is 0 Å². The monoisotopic (exact) mass is 504 g/mol. The lowest BCUT2D eigenvalue weighted by Crippen LogP contribution is -2.29. The molecule has 190 valence electrons. The maximum Gasteiger partial charge on any atom is 0.149 e. The first-order chi connectivity index (χ1) is 17.3. The van der Waals surface area contributed by atoms with Crippen LogP contribution in [0.5, 0.6) is 0 Å². The topological polar surface area (TPSA) is 51.4 Å². The molecule has 6 heteroatoms. The van der Waals surface area contributed by atoms with Crippen LogP contribution in [0.1, 0.15) is 48.9 Å². The Morgan fingerprint density at radius 2 is 1.97 bits per heavy atom. The van der Waals surface area contributed by atoms with Crippen molar-refractivity contribution in [3.05, 3.63) is 113 Å². The van der Waals surface area contributed by atoms with Gasteiger partial charge in [-0.2, -0.15) is 9.15 Å². The summed E-state index contributed by atoms with van der Waals surface area (Å²) < 4.78 is 13.2. The SMILES string of the molecule is C=C(C)c1cccc(C#N)c1.C=C/C(SF)=C(/N=C)N(C)/C(=C\Cc1ccccc1C)NCCCC. The van der Waals surface area contributed by atoms with Gasteiger partial charge in [0.05, 0.1) is 28.7 Å². The molecule has 36 heavy (non-hydrogen) atoms. The fraction of sp³-hybridized carbons (Fsp3) is 0.267. The molecule has 0 aliphatic rings. The first-order valence-electron chi connectivity index (χ1n) is 11.8. The Hall–Kier alpha value is -3.56. The maximum atomic E-state index is 13.2. The van der Waals surface area contributed by atoms with Crippen LogP contribution in [-0.2, 0) is 6.42 Å². The predicted octanol–water partition coefficient (Wildman–Crippen LogP) is 7.97. The molecule has 2 aromatic rings. The Bertz CT molecular complexity index is 1130. The minimum absolute atomic E-state index is 0.125. The molecule has 0 radical (unpaired) electrons. The van der Waals surface area contributed by atoms with Gasteiger partial charge in [0.2, 0.25) is 0 Å². The molecule has 2 aromatic carbocycles. The lowest BCUT2D eigenvalue weighted by Gasteiger charge is -2.25. The number of allylic oxidation sites excluding steroid dienone is 3. The van der Waals surface area contributed by atoms with Crippen LogP contribution in [0.2, 0.25) is 0 Å². The third-order valence-corrected chi connectivity index (χ3v) is 5.93. The number of halogens is 1. The van der Waals surface area contributed by atoms with Crippen molar-refractivity contribution >= 4 is 24.4 Å². The quantitative estimate of drug-likeness (QED) is 0.181. The fourth-order valence-corrected chi connectivity index (χ4v) is 3.58. The minimum atomic E-state index is 0.125. The molecule has 0 unspecified atom stereocenters. The van der Waals surface area contributed by atoms with E-state index in [1.165, 1.54) is 17.2 Å². The smallest absolute Gasteiger partial charge is 0.149 e. The Morgan fingerprint density at radius 3 is 2.53 bits per heavy atom. The van der Waals surface area contributed by atoms with Gasteiger partial charge in [-0.05, 0) is 74.4 Å². The molecule has 0 spiro atoms. The highest BCUT2D eigenvalue weighted by atomic mass is 32.2. The molecule has 0 aromatic heterocycles. The number of nitriles is 1. The third kappa shape index (κ3) is 9.97. The van der Waals surface area contributed by atoms with Crippen molar-refractivity contribution in [1.29, 1.82) is 5.26 Å². The molecule has 0 saturated carbocycles. The summed E-state index contributed by atoms with van der Waals surface area (Å²) in [5.41, 5.74) is 5.21. The molecule has 0 bridgehead atoms. The lowest BCUT2D eigenvalue weighted by atomic mass is 10.1. The molecule has 0 atom stereocenters. The van der Waals surface area contributed by atoms with Crippen molar-refractivity contribution in [2.24, 2.45) is 4.99 Å². The van der Waals surface area contributed by atoms with Gasteiger partial charge in [-0.1, -0.05) is 68.5 Å². The Balaban J connectivity index is 0.000000488. The summed E-state index contributed by atoms with van der Waals surface area (Å²) in [6.07, 6.45) is 6.50. The first-order valence-corrected chi connectivity index (χ1v) is 12.5. The standard InChI is InChI=1S/C20H28FN3S.C10H9N/c1-6-8-15-23-19(14-13-17-12-10-9-11-16(17)3)24(5)20(22-4)18(7-2)25-21;1-8(2)10-5-3-4-9(6-10)7-11/h7,9-12,14,23H,2,4,6,8,13,15H2,1,3,5H3;3-6H,1H2,2H3/b19-14-,20-18+;. The van der Waals surface area contributed by atoms with Crippen molar-refractivity contribution in [3.63, 3.8) is 0 Å². The van der Waals surface area contributed by atoms with E-state index < -0.39 is 0 Å². The van der Waals surface area contributed by atoms with Crippen molar-refractivity contribution < 1.29 is 3.89 Å². The summed E-state index contributed by atoms with van der Waals surface area (Å²) in [6, 6.07) is 17.8. The number of aryl methyl sites for hydroxylation is 1. The maximum absolute atomic E-state index is 13.2. The van der Waals surface area contributed by atoms with E-state index in [4.69, 9.17) is 5.26 Å². The summed E-state index contributed by atoms with van der Waals surface area (Å²) >= 11 is 0.125. The molecule has 0 heterocycles. The average Bonchev–Trinajstić information content (AvgIpc) is 2.90. The second-order valence-electron chi connectivity index (χ2n) is 8.16. The summed E-state index contributed by atoms with van der Waals surface area (Å²) in [6.45, 7) is 18.0. The number of nitrogens with zero attached hydrogens (tertiary/aromatic N) is 3. The van der Waals surface area contributed by atoms with E-state index in [1.807, 2.05) is 49.2 Å². The number of nitrogens with one attached hydrogen (secondary N) is 1. The molecule has 4 nitrogen and oxygen atoms in total. The molecule has 0 aliphatic carbocycles. The predicted molar refractivity (Wildman–Crippen MR) is 155 cm³/mol. The molecular formula is C30H37FN4S. The van der Waals surface area contributed by atoms with Gasteiger partial charge in [-0.15, -0.1) is 0 Å². The average molecular weight is 505 g/mol. The molecule has 2 rings (SSSR count). The first kappa shape index (κ1) is 30.5. The van der Waals surface area contributed by atoms with Gasteiger partial charge in [-0.3, -0.25) is 0 Å². The van der Waals surface area contributed by atoms with Gasteiger partial charge in [0, 0.05) is 13.6 Å².